The number of piperazine rings is 1. The van der Waals surface area contributed by atoms with Crippen LogP contribution in [0, 0.1) is 12.8 Å². The normalized spacial score (nSPS) is 17.5. The van der Waals surface area contributed by atoms with E-state index in [0.29, 0.717) is 10.0 Å². The number of hydrogen-bond acceptors (Lipinski definition) is 5. The molecule has 1 aromatic heterocycles. The maximum atomic E-state index is 12.9. The van der Waals surface area contributed by atoms with Crippen molar-refractivity contribution in [2.75, 3.05) is 49.1 Å². The second-order valence-electron chi connectivity index (χ2n) is 7.98. The summed E-state index contributed by atoms with van der Waals surface area (Å²) in [5.41, 5.74) is 3.33. The second-order valence-corrected chi connectivity index (χ2v) is 9.80. The summed E-state index contributed by atoms with van der Waals surface area (Å²) >= 11 is 13.9. The fraction of sp³-hybridized carbons (Fsp3) is 0.364. The smallest absolute Gasteiger partial charge is 0.229 e. The summed E-state index contributed by atoms with van der Waals surface area (Å²) in [5.74, 6) is 0.326. The third-order valence-electron chi connectivity index (χ3n) is 5.89. The molecule has 2 saturated heterocycles. The van der Waals surface area contributed by atoms with Crippen LogP contribution in [-0.4, -0.2) is 55.1 Å². The number of hydrogen-bond donors (Lipinski definition) is 0. The van der Waals surface area contributed by atoms with Gasteiger partial charge in [-0.15, -0.1) is 0 Å². The Hall–Kier alpha value is -2.02. The van der Waals surface area contributed by atoms with Gasteiger partial charge in [0.15, 0.2) is 5.13 Å². The molecule has 3 aromatic rings. The molecule has 0 saturated carbocycles. The van der Waals surface area contributed by atoms with Gasteiger partial charge in [-0.25, -0.2) is 4.98 Å². The number of rotatable bonds is 3. The van der Waals surface area contributed by atoms with E-state index >= 15 is 0 Å². The van der Waals surface area contributed by atoms with Crippen LogP contribution in [0.15, 0.2) is 36.4 Å². The van der Waals surface area contributed by atoms with Crippen LogP contribution in [0.5, 0.6) is 0 Å². The minimum Gasteiger partial charge on any atom is -0.368 e. The van der Waals surface area contributed by atoms with Gasteiger partial charge in [0.25, 0.3) is 0 Å². The standard InChI is InChI=1S/C22H22Cl2N4OS/c1-14-2-5-19-20(10-14)30-22(25-19)28-12-15(13-28)21(29)27-8-6-26(7-9-27)16-3-4-17(23)18(24)11-16/h2-5,10-11,15H,6-9,12-13H2,1H3. The van der Waals surface area contributed by atoms with E-state index in [2.05, 4.69) is 34.9 Å². The van der Waals surface area contributed by atoms with Crippen molar-refractivity contribution in [2.45, 2.75) is 6.92 Å². The van der Waals surface area contributed by atoms with Crippen LogP contribution < -0.4 is 9.80 Å². The van der Waals surface area contributed by atoms with E-state index in [-0.39, 0.29) is 11.8 Å². The molecule has 2 aromatic carbocycles. The first kappa shape index (κ1) is 19.9. The van der Waals surface area contributed by atoms with Crippen molar-refractivity contribution in [2.24, 2.45) is 5.92 Å². The van der Waals surface area contributed by atoms with Crippen LogP contribution in [-0.2, 0) is 4.79 Å². The number of halogens is 2. The Morgan fingerprint density at radius 2 is 1.77 bits per heavy atom. The molecule has 0 unspecified atom stereocenters. The predicted molar refractivity (Wildman–Crippen MR) is 125 cm³/mol. The van der Waals surface area contributed by atoms with Crippen molar-refractivity contribution in [3.05, 3.63) is 52.0 Å². The van der Waals surface area contributed by atoms with Crippen LogP contribution in [0.2, 0.25) is 10.0 Å². The lowest BCUT2D eigenvalue weighted by Gasteiger charge is -2.43. The van der Waals surface area contributed by atoms with E-state index in [9.17, 15) is 4.79 Å². The van der Waals surface area contributed by atoms with Gasteiger partial charge in [-0.1, -0.05) is 40.6 Å². The molecule has 8 heteroatoms. The van der Waals surface area contributed by atoms with Crippen molar-refractivity contribution in [1.82, 2.24) is 9.88 Å². The highest BCUT2D eigenvalue weighted by Gasteiger charge is 2.37. The Morgan fingerprint density at radius 1 is 1.00 bits per heavy atom. The first-order chi connectivity index (χ1) is 14.5. The maximum absolute atomic E-state index is 12.9. The zero-order valence-corrected chi connectivity index (χ0v) is 19.0. The largest absolute Gasteiger partial charge is 0.368 e. The van der Waals surface area contributed by atoms with Crippen molar-refractivity contribution < 1.29 is 4.79 Å². The molecule has 2 fully saturated rings. The molecule has 0 spiro atoms. The summed E-state index contributed by atoms with van der Waals surface area (Å²) in [6.45, 7) is 6.68. The van der Waals surface area contributed by atoms with Crippen molar-refractivity contribution in [3.8, 4) is 0 Å². The average Bonchev–Trinajstić information content (AvgIpc) is 3.11. The zero-order valence-electron chi connectivity index (χ0n) is 16.6. The Kier molecular flexibility index (Phi) is 5.25. The second kappa shape index (κ2) is 7.91. The Balaban J connectivity index is 1.16. The maximum Gasteiger partial charge on any atom is 0.229 e. The van der Waals surface area contributed by atoms with Gasteiger partial charge >= 0.3 is 0 Å². The number of aromatic nitrogens is 1. The number of amides is 1. The monoisotopic (exact) mass is 460 g/mol. The molecule has 0 bridgehead atoms. The summed E-state index contributed by atoms with van der Waals surface area (Å²) < 4.78 is 1.21. The number of carbonyl (C=O) groups excluding carboxylic acids is 1. The fourth-order valence-electron chi connectivity index (χ4n) is 4.07. The number of fused-ring (bicyclic) bond motifs is 1. The highest BCUT2D eigenvalue weighted by molar-refractivity contribution is 7.22. The average molecular weight is 461 g/mol. The molecule has 0 N–H and O–H groups in total. The van der Waals surface area contributed by atoms with Crippen LogP contribution in [0.1, 0.15) is 5.56 Å². The lowest BCUT2D eigenvalue weighted by atomic mass is 9.99. The summed E-state index contributed by atoms with van der Waals surface area (Å²) in [6.07, 6.45) is 0. The molecule has 156 valence electrons. The molecule has 2 aliphatic rings. The molecule has 2 aliphatic heterocycles. The van der Waals surface area contributed by atoms with Gasteiger partial charge in [0, 0.05) is 45.0 Å². The highest BCUT2D eigenvalue weighted by atomic mass is 35.5. The molecule has 30 heavy (non-hydrogen) atoms. The van der Waals surface area contributed by atoms with Gasteiger partial charge < -0.3 is 14.7 Å². The zero-order chi connectivity index (χ0) is 20.8. The number of benzene rings is 2. The fourth-order valence-corrected chi connectivity index (χ4v) is 5.45. The first-order valence-electron chi connectivity index (χ1n) is 10.1. The van der Waals surface area contributed by atoms with Crippen LogP contribution in [0.3, 0.4) is 0 Å². The predicted octanol–water partition coefficient (Wildman–Crippen LogP) is 4.70. The quantitative estimate of drug-likeness (QED) is 0.567. The van der Waals surface area contributed by atoms with Crippen LogP contribution in [0.4, 0.5) is 10.8 Å². The minimum absolute atomic E-state index is 0.0651. The van der Waals surface area contributed by atoms with Crippen molar-refractivity contribution in [3.63, 3.8) is 0 Å². The summed E-state index contributed by atoms with van der Waals surface area (Å²) in [4.78, 5) is 24.1. The molecule has 0 aliphatic carbocycles. The number of anilines is 2. The van der Waals surface area contributed by atoms with Crippen molar-refractivity contribution in [1.29, 1.82) is 0 Å². The third-order valence-corrected chi connectivity index (χ3v) is 7.71. The van der Waals surface area contributed by atoms with E-state index in [1.807, 2.05) is 23.1 Å². The summed E-state index contributed by atoms with van der Waals surface area (Å²) in [5, 5.41) is 2.14. The van der Waals surface area contributed by atoms with Crippen LogP contribution >= 0.6 is 34.5 Å². The Morgan fingerprint density at radius 3 is 2.50 bits per heavy atom. The molecule has 3 heterocycles. The number of thiazole rings is 1. The SMILES string of the molecule is Cc1ccc2nc(N3CC(C(=O)N4CCN(c5ccc(Cl)c(Cl)c5)CC4)C3)sc2c1. The number of carbonyl (C=O) groups is 1. The van der Waals surface area contributed by atoms with Gasteiger partial charge in [0.1, 0.15) is 0 Å². The molecule has 0 atom stereocenters. The highest BCUT2D eigenvalue weighted by Crippen LogP contribution is 2.34. The van der Waals surface area contributed by atoms with E-state index in [1.165, 1.54) is 10.3 Å². The third kappa shape index (κ3) is 3.72. The molecular formula is C22H22Cl2N4OS. The van der Waals surface area contributed by atoms with E-state index in [0.717, 1.165) is 55.6 Å². The van der Waals surface area contributed by atoms with Crippen LogP contribution in [0.25, 0.3) is 10.2 Å². The van der Waals surface area contributed by atoms with E-state index < -0.39 is 0 Å². The number of aryl methyl sites for hydroxylation is 1. The van der Waals surface area contributed by atoms with Gasteiger partial charge in [0.2, 0.25) is 5.91 Å². The van der Waals surface area contributed by atoms with Gasteiger partial charge in [0.05, 0.1) is 26.2 Å². The van der Waals surface area contributed by atoms with Crippen molar-refractivity contribution >= 4 is 61.5 Å². The van der Waals surface area contributed by atoms with Gasteiger partial charge in [-0.2, -0.15) is 0 Å². The van der Waals surface area contributed by atoms with Gasteiger partial charge in [-0.3, -0.25) is 4.79 Å². The molecule has 0 radical (unpaired) electrons. The summed E-state index contributed by atoms with van der Waals surface area (Å²) in [7, 11) is 0. The lowest BCUT2D eigenvalue weighted by Crippen LogP contribution is -2.58. The Labute approximate surface area is 189 Å². The van der Waals surface area contributed by atoms with Gasteiger partial charge in [-0.05, 0) is 42.8 Å². The molecule has 5 rings (SSSR count). The minimum atomic E-state index is 0.0651. The molecular weight excluding hydrogens is 439 g/mol. The topological polar surface area (TPSA) is 39.7 Å². The van der Waals surface area contributed by atoms with E-state index in [1.54, 1.807) is 11.3 Å². The first-order valence-corrected chi connectivity index (χ1v) is 11.7. The molecule has 5 nitrogen and oxygen atoms in total. The molecule has 1 amide bonds. The lowest BCUT2D eigenvalue weighted by molar-refractivity contribution is -0.136. The Bertz CT molecular complexity index is 1100. The van der Waals surface area contributed by atoms with E-state index in [4.69, 9.17) is 28.2 Å². The summed E-state index contributed by atoms with van der Waals surface area (Å²) in [6, 6.07) is 12.0. The number of nitrogens with zero attached hydrogens (tertiary/aromatic N) is 4.